The number of rotatable bonds is 1. The van der Waals surface area contributed by atoms with Gasteiger partial charge in [-0.2, -0.15) is 0 Å². The lowest BCUT2D eigenvalue weighted by molar-refractivity contribution is -0.153. The molecule has 5 nitrogen and oxygen atoms in total. The van der Waals surface area contributed by atoms with Gasteiger partial charge in [0.1, 0.15) is 5.72 Å². The molecule has 18 heavy (non-hydrogen) atoms. The second-order valence-electron chi connectivity index (χ2n) is 6.87. The van der Waals surface area contributed by atoms with Crippen LogP contribution < -0.4 is 0 Å². The minimum absolute atomic E-state index is 0.0349. The first-order valence-corrected chi connectivity index (χ1v) is 6.39. The van der Waals surface area contributed by atoms with Crippen molar-refractivity contribution in [2.24, 2.45) is 23.2 Å². The van der Waals surface area contributed by atoms with Crippen LogP contribution in [0.1, 0.15) is 27.7 Å². The van der Waals surface area contributed by atoms with Gasteiger partial charge in [0, 0.05) is 5.92 Å². The van der Waals surface area contributed by atoms with Gasteiger partial charge in [0.05, 0.1) is 24.5 Å². The second-order valence-corrected chi connectivity index (χ2v) is 6.87. The topological polar surface area (TPSA) is 66.8 Å². The van der Waals surface area contributed by atoms with Crippen molar-refractivity contribution in [1.29, 1.82) is 0 Å². The monoisotopic (exact) mass is 253 g/mol. The van der Waals surface area contributed by atoms with Crippen molar-refractivity contribution in [1.82, 2.24) is 4.90 Å². The quantitative estimate of drug-likeness (QED) is 0.755. The summed E-state index contributed by atoms with van der Waals surface area (Å²) >= 11 is 0. The molecule has 0 aromatic rings. The largest absolute Gasteiger partial charge is 0.481 e. The molecule has 0 bridgehead atoms. The molecule has 100 valence electrons. The van der Waals surface area contributed by atoms with Crippen LogP contribution in [0.3, 0.4) is 0 Å². The normalized spacial score (nSPS) is 46.0. The zero-order valence-corrected chi connectivity index (χ0v) is 11.1. The zero-order chi connectivity index (χ0) is 13.5. The lowest BCUT2D eigenvalue weighted by Crippen LogP contribution is -2.52. The highest BCUT2D eigenvalue weighted by atomic mass is 16.5. The summed E-state index contributed by atoms with van der Waals surface area (Å²) in [4.78, 5) is 25.3. The predicted molar refractivity (Wildman–Crippen MR) is 62.6 cm³/mol. The van der Waals surface area contributed by atoms with Crippen LogP contribution in [0.15, 0.2) is 0 Å². The summed E-state index contributed by atoms with van der Waals surface area (Å²) in [7, 11) is 0. The molecule has 0 spiro atoms. The Morgan fingerprint density at radius 2 is 2.11 bits per heavy atom. The molecule has 1 aliphatic carbocycles. The molecule has 0 aromatic heterocycles. The fourth-order valence-electron chi connectivity index (χ4n) is 3.72. The molecule has 0 aromatic carbocycles. The number of fused-ring (bicyclic) bond motifs is 3. The number of hydrogen-bond donors (Lipinski definition) is 1. The third kappa shape index (κ3) is 1.20. The lowest BCUT2D eigenvalue weighted by atomic mass is 9.86. The number of carboxylic acids is 1. The number of piperidine rings is 1. The van der Waals surface area contributed by atoms with E-state index < -0.39 is 17.6 Å². The molecule has 2 aliphatic heterocycles. The SMILES string of the molecule is CC(C)(C)[C@H]1CO[C@]2(C)[C@@H]3[C@@H](C(=O)O)[C@@H]3C(=O)N12. The minimum Gasteiger partial charge on any atom is -0.481 e. The second kappa shape index (κ2) is 3.07. The van der Waals surface area contributed by atoms with Gasteiger partial charge in [0.2, 0.25) is 5.91 Å². The highest BCUT2D eigenvalue weighted by Crippen LogP contribution is 2.64. The Balaban J connectivity index is 1.94. The summed E-state index contributed by atoms with van der Waals surface area (Å²) in [6.45, 7) is 8.61. The Bertz CT molecular complexity index is 441. The number of ether oxygens (including phenoxy) is 1. The maximum absolute atomic E-state index is 12.4. The van der Waals surface area contributed by atoms with Crippen molar-refractivity contribution in [3.8, 4) is 0 Å². The Morgan fingerprint density at radius 1 is 1.50 bits per heavy atom. The van der Waals surface area contributed by atoms with Crippen LogP contribution in [0.2, 0.25) is 0 Å². The van der Waals surface area contributed by atoms with Crippen LogP contribution in [0.25, 0.3) is 0 Å². The van der Waals surface area contributed by atoms with E-state index in [4.69, 9.17) is 9.84 Å². The fraction of sp³-hybridized carbons (Fsp3) is 0.846. The highest BCUT2D eigenvalue weighted by molar-refractivity contribution is 5.94. The fourth-order valence-corrected chi connectivity index (χ4v) is 3.72. The number of hydrogen-bond acceptors (Lipinski definition) is 3. The molecule has 3 rings (SSSR count). The van der Waals surface area contributed by atoms with E-state index in [1.54, 1.807) is 0 Å². The van der Waals surface area contributed by atoms with E-state index in [1.807, 2.05) is 11.8 Å². The summed E-state index contributed by atoms with van der Waals surface area (Å²) in [6.07, 6.45) is 0. The number of aliphatic carboxylic acids is 1. The number of carbonyl (C=O) groups excluding carboxylic acids is 1. The molecule has 5 heteroatoms. The summed E-state index contributed by atoms with van der Waals surface area (Å²) < 4.78 is 5.85. The van der Waals surface area contributed by atoms with Crippen LogP contribution in [-0.4, -0.2) is 40.3 Å². The minimum atomic E-state index is -0.873. The van der Waals surface area contributed by atoms with Gasteiger partial charge in [-0.3, -0.25) is 9.59 Å². The van der Waals surface area contributed by atoms with Crippen molar-refractivity contribution in [2.75, 3.05) is 6.61 Å². The molecule has 1 saturated carbocycles. The first-order valence-electron chi connectivity index (χ1n) is 6.39. The van der Waals surface area contributed by atoms with E-state index >= 15 is 0 Å². The molecule has 1 N–H and O–H groups in total. The van der Waals surface area contributed by atoms with E-state index in [0.717, 1.165) is 0 Å². The van der Waals surface area contributed by atoms with Crippen molar-refractivity contribution in [3.63, 3.8) is 0 Å². The van der Waals surface area contributed by atoms with Gasteiger partial charge in [-0.05, 0) is 12.3 Å². The first kappa shape index (κ1) is 12.0. The molecule has 2 saturated heterocycles. The van der Waals surface area contributed by atoms with Crippen molar-refractivity contribution >= 4 is 11.9 Å². The van der Waals surface area contributed by atoms with Crippen LogP contribution in [0, 0.1) is 23.2 Å². The number of nitrogens with zero attached hydrogens (tertiary/aromatic N) is 1. The van der Waals surface area contributed by atoms with Crippen LogP contribution in [0.4, 0.5) is 0 Å². The molecule has 3 aliphatic rings. The van der Waals surface area contributed by atoms with Gasteiger partial charge < -0.3 is 14.7 Å². The molecule has 5 atom stereocenters. The average molecular weight is 253 g/mol. The van der Waals surface area contributed by atoms with Crippen LogP contribution >= 0.6 is 0 Å². The highest BCUT2D eigenvalue weighted by Gasteiger charge is 2.78. The van der Waals surface area contributed by atoms with Crippen molar-refractivity contribution in [2.45, 2.75) is 39.5 Å². The van der Waals surface area contributed by atoms with Crippen molar-refractivity contribution < 1.29 is 19.4 Å². The standard InChI is InChI=1S/C13H19NO4/c1-12(2,3)6-5-18-13(4)9-7(8(9)11(16)17)10(15)14(6)13/h6-9H,5H2,1-4H3,(H,16,17)/t6-,7+,8+,9+,13-/m1/s1. The molecule has 0 unspecified atom stereocenters. The smallest absolute Gasteiger partial charge is 0.307 e. The van der Waals surface area contributed by atoms with E-state index in [1.165, 1.54) is 0 Å². The first-order chi connectivity index (χ1) is 8.19. The van der Waals surface area contributed by atoms with Crippen LogP contribution in [-0.2, 0) is 14.3 Å². The van der Waals surface area contributed by atoms with Gasteiger partial charge in [-0.25, -0.2) is 0 Å². The third-order valence-electron chi connectivity index (χ3n) is 4.77. The molecule has 3 fully saturated rings. The van der Waals surface area contributed by atoms with Crippen molar-refractivity contribution in [3.05, 3.63) is 0 Å². The average Bonchev–Trinajstić information content (AvgIpc) is 2.81. The van der Waals surface area contributed by atoms with Gasteiger partial charge in [-0.1, -0.05) is 20.8 Å². The summed E-state index contributed by atoms with van der Waals surface area (Å²) in [6, 6.07) is 0.0391. The molecular formula is C13H19NO4. The van der Waals surface area contributed by atoms with Gasteiger partial charge in [0.15, 0.2) is 0 Å². The summed E-state index contributed by atoms with van der Waals surface area (Å²) in [5.74, 6) is -1.99. The Labute approximate surface area is 106 Å². The Kier molecular flexibility index (Phi) is 2.04. The van der Waals surface area contributed by atoms with Gasteiger partial charge in [0.25, 0.3) is 0 Å². The molecule has 1 amide bonds. The zero-order valence-electron chi connectivity index (χ0n) is 11.1. The van der Waals surface area contributed by atoms with Crippen LogP contribution in [0.5, 0.6) is 0 Å². The van der Waals surface area contributed by atoms with Gasteiger partial charge in [-0.15, -0.1) is 0 Å². The maximum Gasteiger partial charge on any atom is 0.307 e. The summed E-state index contributed by atoms with van der Waals surface area (Å²) in [5, 5.41) is 9.11. The molecule has 2 heterocycles. The maximum atomic E-state index is 12.4. The van der Waals surface area contributed by atoms with E-state index in [2.05, 4.69) is 20.8 Å². The lowest BCUT2D eigenvalue weighted by Gasteiger charge is -2.38. The predicted octanol–water partition coefficient (Wildman–Crippen LogP) is 0.936. The molecular weight excluding hydrogens is 234 g/mol. The Hall–Kier alpha value is -1.10. The van der Waals surface area contributed by atoms with E-state index in [0.29, 0.717) is 6.61 Å². The van der Waals surface area contributed by atoms with Gasteiger partial charge >= 0.3 is 5.97 Å². The third-order valence-corrected chi connectivity index (χ3v) is 4.77. The Morgan fingerprint density at radius 3 is 2.61 bits per heavy atom. The number of carboxylic acid groups (broad SMARTS) is 1. The van der Waals surface area contributed by atoms with E-state index in [-0.39, 0.29) is 29.2 Å². The van der Waals surface area contributed by atoms with E-state index in [9.17, 15) is 9.59 Å². The summed E-state index contributed by atoms with van der Waals surface area (Å²) in [5.41, 5.74) is -0.758. The molecule has 0 radical (unpaired) electrons. The number of carbonyl (C=O) groups is 2. The number of amides is 1.